The van der Waals surface area contributed by atoms with E-state index >= 15 is 0 Å². The van der Waals surface area contributed by atoms with Crippen LogP contribution in [0, 0.1) is 5.92 Å². The van der Waals surface area contributed by atoms with Crippen molar-refractivity contribution >= 4 is 5.97 Å². The third-order valence-electron chi connectivity index (χ3n) is 3.78. The van der Waals surface area contributed by atoms with Crippen molar-refractivity contribution < 1.29 is 19.7 Å². The Morgan fingerprint density at radius 2 is 2.16 bits per heavy atom. The SMILES string of the molecule is CCc1cc(OC)c(O)c(C(CC(=O)O)C2CC2)c1. The molecule has 0 heterocycles. The summed E-state index contributed by atoms with van der Waals surface area (Å²) in [6.45, 7) is 2.03. The Bertz CT molecular complexity index is 477. The Morgan fingerprint density at radius 3 is 2.63 bits per heavy atom. The summed E-state index contributed by atoms with van der Waals surface area (Å²) in [5, 5.41) is 19.3. The standard InChI is InChI=1S/C15H20O4/c1-3-9-6-12(15(18)13(7-9)19-2)11(8-14(16)17)10-4-5-10/h6-7,10-11,18H,3-5,8H2,1-2H3,(H,16,17). The molecule has 1 atom stereocenters. The molecular weight excluding hydrogens is 244 g/mol. The minimum atomic E-state index is -0.822. The van der Waals surface area contributed by atoms with Gasteiger partial charge >= 0.3 is 5.97 Å². The molecule has 1 aliphatic carbocycles. The molecule has 0 aliphatic heterocycles. The summed E-state index contributed by atoms with van der Waals surface area (Å²) in [6.07, 6.45) is 2.97. The van der Waals surface area contributed by atoms with E-state index in [0.29, 0.717) is 11.7 Å². The number of aryl methyl sites for hydroxylation is 1. The first kappa shape index (κ1) is 13.7. The van der Waals surface area contributed by atoms with Crippen LogP contribution in [0.25, 0.3) is 0 Å². The van der Waals surface area contributed by atoms with Crippen molar-refractivity contribution in [2.75, 3.05) is 7.11 Å². The predicted molar refractivity (Wildman–Crippen MR) is 71.8 cm³/mol. The fourth-order valence-corrected chi connectivity index (χ4v) is 2.55. The summed E-state index contributed by atoms with van der Waals surface area (Å²) < 4.78 is 5.19. The van der Waals surface area contributed by atoms with Crippen LogP contribution in [0.5, 0.6) is 11.5 Å². The van der Waals surface area contributed by atoms with Crippen molar-refractivity contribution in [3.05, 3.63) is 23.3 Å². The highest BCUT2D eigenvalue weighted by Gasteiger charge is 2.35. The highest BCUT2D eigenvalue weighted by Crippen LogP contribution is 2.49. The molecule has 0 bridgehead atoms. The number of aliphatic carboxylic acids is 1. The van der Waals surface area contributed by atoms with Gasteiger partial charge in [-0.15, -0.1) is 0 Å². The van der Waals surface area contributed by atoms with E-state index in [9.17, 15) is 9.90 Å². The number of carboxylic acids is 1. The zero-order valence-electron chi connectivity index (χ0n) is 11.3. The summed E-state index contributed by atoms with van der Waals surface area (Å²) in [7, 11) is 1.52. The molecule has 0 spiro atoms. The van der Waals surface area contributed by atoms with Crippen molar-refractivity contribution in [1.29, 1.82) is 0 Å². The molecule has 2 rings (SSSR count). The largest absolute Gasteiger partial charge is 0.504 e. The third-order valence-corrected chi connectivity index (χ3v) is 3.78. The van der Waals surface area contributed by atoms with Crippen LogP contribution in [0.1, 0.15) is 43.2 Å². The summed E-state index contributed by atoms with van der Waals surface area (Å²) in [5.74, 6) is -0.0304. The molecule has 0 amide bonds. The van der Waals surface area contributed by atoms with Crippen LogP contribution in [0.3, 0.4) is 0 Å². The van der Waals surface area contributed by atoms with Crippen molar-refractivity contribution in [2.24, 2.45) is 5.92 Å². The van der Waals surface area contributed by atoms with E-state index in [2.05, 4.69) is 0 Å². The van der Waals surface area contributed by atoms with E-state index in [1.54, 1.807) is 0 Å². The molecule has 1 unspecified atom stereocenters. The third kappa shape index (κ3) is 3.00. The fourth-order valence-electron chi connectivity index (χ4n) is 2.55. The Hall–Kier alpha value is -1.71. The first-order valence-electron chi connectivity index (χ1n) is 6.68. The molecule has 19 heavy (non-hydrogen) atoms. The smallest absolute Gasteiger partial charge is 0.303 e. The molecule has 1 saturated carbocycles. The molecule has 1 aliphatic rings. The Labute approximate surface area is 113 Å². The molecule has 4 nitrogen and oxygen atoms in total. The second-order valence-electron chi connectivity index (χ2n) is 5.13. The quantitative estimate of drug-likeness (QED) is 0.829. The number of rotatable bonds is 6. The van der Waals surface area contributed by atoms with E-state index in [1.807, 2.05) is 19.1 Å². The summed E-state index contributed by atoms with van der Waals surface area (Å²) in [4.78, 5) is 11.0. The monoisotopic (exact) mass is 264 g/mol. The summed E-state index contributed by atoms with van der Waals surface area (Å²) in [5.41, 5.74) is 1.78. The van der Waals surface area contributed by atoms with Gasteiger partial charge in [0, 0.05) is 11.5 Å². The van der Waals surface area contributed by atoms with Crippen molar-refractivity contribution in [1.82, 2.24) is 0 Å². The molecule has 1 aromatic rings. The Morgan fingerprint density at radius 1 is 1.47 bits per heavy atom. The zero-order chi connectivity index (χ0) is 14.0. The van der Waals surface area contributed by atoms with E-state index in [4.69, 9.17) is 9.84 Å². The molecule has 0 saturated heterocycles. The van der Waals surface area contributed by atoms with E-state index < -0.39 is 5.97 Å². The molecule has 2 N–H and O–H groups in total. The van der Waals surface area contributed by atoms with Gasteiger partial charge in [0.25, 0.3) is 0 Å². The van der Waals surface area contributed by atoms with E-state index in [-0.39, 0.29) is 18.1 Å². The van der Waals surface area contributed by atoms with Crippen molar-refractivity contribution in [2.45, 2.75) is 38.5 Å². The van der Waals surface area contributed by atoms with Crippen molar-refractivity contribution in [3.8, 4) is 11.5 Å². The number of methoxy groups -OCH3 is 1. The maximum atomic E-state index is 11.0. The van der Waals surface area contributed by atoms with Crippen LogP contribution in [-0.4, -0.2) is 23.3 Å². The lowest BCUT2D eigenvalue weighted by Crippen LogP contribution is -2.09. The number of phenolic OH excluding ortho intramolecular Hbond substituents is 1. The fraction of sp³-hybridized carbons (Fsp3) is 0.533. The van der Waals surface area contributed by atoms with Gasteiger partial charge in [0.15, 0.2) is 11.5 Å². The number of hydrogen-bond acceptors (Lipinski definition) is 3. The normalized spacial score (nSPS) is 16.1. The average molecular weight is 264 g/mol. The number of carbonyl (C=O) groups is 1. The first-order valence-corrected chi connectivity index (χ1v) is 6.68. The van der Waals surface area contributed by atoms with Gasteiger partial charge < -0.3 is 14.9 Å². The van der Waals surface area contributed by atoms with Gasteiger partial charge in [-0.3, -0.25) is 4.79 Å². The van der Waals surface area contributed by atoms with Crippen LogP contribution >= 0.6 is 0 Å². The van der Waals surface area contributed by atoms with Gasteiger partial charge in [0.1, 0.15) is 0 Å². The van der Waals surface area contributed by atoms with E-state index in [1.165, 1.54) is 7.11 Å². The zero-order valence-corrected chi connectivity index (χ0v) is 11.3. The molecule has 104 valence electrons. The lowest BCUT2D eigenvalue weighted by Gasteiger charge is -2.19. The van der Waals surface area contributed by atoms with Crippen LogP contribution in [-0.2, 0) is 11.2 Å². The minimum Gasteiger partial charge on any atom is -0.504 e. The highest BCUT2D eigenvalue weighted by atomic mass is 16.5. The van der Waals surface area contributed by atoms with Gasteiger partial charge in [0.2, 0.25) is 0 Å². The number of ether oxygens (including phenoxy) is 1. The first-order chi connectivity index (χ1) is 9.06. The molecule has 1 fully saturated rings. The minimum absolute atomic E-state index is 0.0640. The number of carboxylic acid groups (broad SMARTS) is 1. The summed E-state index contributed by atoms with van der Waals surface area (Å²) in [6, 6.07) is 3.73. The van der Waals surface area contributed by atoms with Gasteiger partial charge in [-0.25, -0.2) is 0 Å². The molecular formula is C15H20O4. The Kier molecular flexibility index (Phi) is 3.98. The number of hydrogen-bond donors (Lipinski definition) is 2. The molecule has 1 aromatic carbocycles. The lowest BCUT2D eigenvalue weighted by molar-refractivity contribution is -0.137. The van der Waals surface area contributed by atoms with Gasteiger partial charge in [-0.2, -0.15) is 0 Å². The van der Waals surface area contributed by atoms with Crippen LogP contribution in [0.15, 0.2) is 12.1 Å². The number of phenols is 1. The maximum absolute atomic E-state index is 11.0. The van der Waals surface area contributed by atoms with Crippen LogP contribution in [0.2, 0.25) is 0 Å². The topological polar surface area (TPSA) is 66.8 Å². The predicted octanol–water partition coefficient (Wildman–Crippen LogP) is 2.93. The summed E-state index contributed by atoms with van der Waals surface area (Å²) >= 11 is 0. The van der Waals surface area contributed by atoms with Crippen LogP contribution in [0.4, 0.5) is 0 Å². The molecule has 0 radical (unpaired) electrons. The average Bonchev–Trinajstić information content (AvgIpc) is 3.20. The second kappa shape index (κ2) is 5.51. The van der Waals surface area contributed by atoms with Gasteiger partial charge in [-0.1, -0.05) is 13.0 Å². The number of benzene rings is 1. The molecule has 4 heteroatoms. The molecule has 0 aromatic heterocycles. The van der Waals surface area contributed by atoms with Crippen LogP contribution < -0.4 is 4.74 Å². The van der Waals surface area contributed by atoms with Crippen molar-refractivity contribution in [3.63, 3.8) is 0 Å². The maximum Gasteiger partial charge on any atom is 0.303 e. The second-order valence-corrected chi connectivity index (χ2v) is 5.13. The lowest BCUT2D eigenvalue weighted by atomic mass is 9.88. The highest BCUT2D eigenvalue weighted by molar-refractivity contribution is 5.69. The van der Waals surface area contributed by atoms with E-state index in [0.717, 1.165) is 30.4 Å². The van der Waals surface area contributed by atoms with Gasteiger partial charge in [0.05, 0.1) is 13.5 Å². The van der Waals surface area contributed by atoms with Gasteiger partial charge in [-0.05, 0) is 36.8 Å². The Balaban J connectivity index is 2.42. The number of aromatic hydroxyl groups is 1.